The highest BCUT2D eigenvalue weighted by Crippen LogP contribution is 2.17. The maximum absolute atomic E-state index is 13.2. The topological polar surface area (TPSA) is 69.7 Å². The summed E-state index contributed by atoms with van der Waals surface area (Å²) in [5.41, 5.74) is 1.52. The first kappa shape index (κ1) is 15.2. The zero-order chi connectivity index (χ0) is 16.2. The summed E-state index contributed by atoms with van der Waals surface area (Å²) in [4.78, 5) is 18.1. The number of hydrogen-bond donors (Lipinski definition) is 2. The molecule has 3 rings (SSSR count). The number of aryl methyl sites for hydroxylation is 1. The lowest BCUT2D eigenvalue weighted by Gasteiger charge is -2.15. The van der Waals surface area contributed by atoms with Gasteiger partial charge in [0, 0.05) is 39.5 Å². The Morgan fingerprint density at radius 3 is 2.87 bits per heavy atom. The number of imidazole rings is 1. The standard InChI is InChI=1S/C16H19FN6/c1-23(2)16-15(19-8-9-20-16)18-7-3-4-14-21-12-6-5-11(17)10-13(12)22-14/h5-6,8-10H,3-4,7H2,1-2H3,(H,18,19)(H,21,22). The minimum Gasteiger partial charge on any atom is -0.367 e. The maximum atomic E-state index is 13.2. The van der Waals surface area contributed by atoms with Crippen LogP contribution in [0.15, 0.2) is 30.6 Å². The molecule has 0 bridgehead atoms. The van der Waals surface area contributed by atoms with Gasteiger partial charge in [-0.1, -0.05) is 0 Å². The third kappa shape index (κ3) is 3.56. The van der Waals surface area contributed by atoms with Gasteiger partial charge in [0.2, 0.25) is 0 Å². The number of aromatic nitrogens is 4. The molecule has 0 radical (unpaired) electrons. The molecule has 0 unspecified atom stereocenters. The Morgan fingerprint density at radius 1 is 1.22 bits per heavy atom. The van der Waals surface area contributed by atoms with Gasteiger partial charge < -0.3 is 15.2 Å². The lowest BCUT2D eigenvalue weighted by Crippen LogP contribution is -2.15. The number of fused-ring (bicyclic) bond motifs is 1. The van der Waals surface area contributed by atoms with Crippen LogP contribution in [0.25, 0.3) is 11.0 Å². The van der Waals surface area contributed by atoms with Gasteiger partial charge in [-0.25, -0.2) is 19.3 Å². The Hall–Kier alpha value is -2.70. The van der Waals surface area contributed by atoms with E-state index in [1.54, 1.807) is 18.5 Å². The minimum atomic E-state index is -0.256. The predicted molar refractivity (Wildman–Crippen MR) is 89.2 cm³/mol. The van der Waals surface area contributed by atoms with Crippen LogP contribution in [0.5, 0.6) is 0 Å². The zero-order valence-electron chi connectivity index (χ0n) is 13.2. The predicted octanol–water partition coefficient (Wildman–Crippen LogP) is 2.60. The van der Waals surface area contributed by atoms with E-state index in [1.807, 2.05) is 19.0 Å². The molecule has 7 heteroatoms. The van der Waals surface area contributed by atoms with E-state index in [4.69, 9.17) is 0 Å². The number of nitrogens with one attached hydrogen (secondary N) is 2. The van der Waals surface area contributed by atoms with Crippen molar-refractivity contribution in [2.45, 2.75) is 12.8 Å². The summed E-state index contributed by atoms with van der Waals surface area (Å²) in [5.74, 6) is 2.18. The lowest BCUT2D eigenvalue weighted by molar-refractivity contribution is 0.629. The smallest absolute Gasteiger partial charge is 0.171 e. The van der Waals surface area contributed by atoms with Crippen molar-refractivity contribution in [1.29, 1.82) is 0 Å². The second-order valence-electron chi connectivity index (χ2n) is 5.50. The summed E-state index contributed by atoms with van der Waals surface area (Å²) < 4.78 is 13.2. The molecule has 6 nitrogen and oxygen atoms in total. The van der Waals surface area contributed by atoms with E-state index in [0.717, 1.165) is 47.9 Å². The second-order valence-corrected chi connectivity index (χ2v) is 5.50. The molecule has 120 valence electrons. The molecular formula is C16H19FN6. The summed E-state index contributed by atoms with van der Waals surface area (Å²) in [6.07, 6.45) is 5.00. The third-order valence-electron chi connectivity index (χ3n) is 3.48. The van der Waals surface area contributed by atoms with Gasteiger partial charge in [0.05, 0.1) is 11.0 Å². The second kappa shape index (κ2) is 6.60. The number of nitrogens with zero attached hydrogens (tertiary/aromatic N) is 4. The number of anilines is 2. The monoisotopic (exact) mass is 314 g/mol. The van der Waals surface area contributed by atoms with E-state index in [2.05, 4.69) is 25.3 Å². The fourth-order valence-corrected chi connectivity index (χ4v) is 2.40. The first-order valence-corrected chi connectivity index (χ1v) is 7.50. The van der Waals surface area contributed by atoms with Crippen LogP contribution in [-0.4, -0.2) is 40.6 Å². The van der Waals surface area contributed by atoms with Crippen LogP contribution in [0.1, 0.15) is 12.2 Å². The lowest BCUT2D eigenvalue weighted by atomic mass is 10.3. The molecular weight excluding hydrogens is 295 g/mol. The van der Waals surface area contributed by atoms with Gasteiger partial charge in [0.1, 0.15) is 11.6 Å². The summed E-state index contributed by atoms with van der Waals surface area (Å²) in [6, 6.07) is 4.57. The highest BCUT2D eigenvalue weighted by molar-refractivity contribution is 5.74. The molecule has 0 amide bonds. The largest absolute Gasteiger partial charge is 0.367 e. The van der Waals surface area contributed by atoms with Gasteiger partial charge >= 0.3 is 0 Å². The van der Waals surface area contributed by atoms with Crippen molar-refractivity contribution in [3.63, 3.8) is 0 Å². The molecule has 0 saturated heterocycles. The summed E-state index contributed by atoms with van der Waals surface area (Å²) in [5, 5.41) is 3.29. The molecule has 0 aliphatic heterocycles. The Kier molecular flexibility index (Phi) is 4.36. The van der Waals surface area contributed by atoms with E-state index in [0.29, 0.717) is 0 Å². The molecule has 2 N–H and O–H groups in total. The van der Waals surface area contributed by atoms with Crippen LogP contribution in [0, 0.1) is 5.82 Å². The van der Waals surface area contributed by atoms with Crippen LogP contribution in [0.3, 0.4) is 0 Å². The van der Waals surface area contributed by atoms with Crippen molar-refractivity contribution in [3.05, 3.63) is 42.2 Å². The van der Waals surface area contributed by atoms with Crippen molar-refractivity contribution in [2.75, 3.05) is 30.9 Å². The van der Waals surface area contributed by atoms with Crippen LogP contribution in [-0.2, 0) is 6.42 Å². The van der Waals surface area contributed by atoms with Crippen LogP contribution in [0.4, 0.5) is 16.0 Å². The van der Waals surface area contributed by atoms with Gasteiger partial charge in [0.25, 0.3) is 0 Å². The zero-order valence-corrected chi connectivity index (χ0v) is 13.2. The first-order valence-electron chi connectivity index (χ1n) is 7.50. The fraction of sp³-hybridized carbons (Fsp3) is 0.312. The molecule has 2 aromatic heterocycles. The highest BCUT2D eigenvalue weighted by atomic mass is 19.1. The molecule has 0 fully saturated rings. The Balaban J connectivity index is 1.57. The van der Waals surface area contributed by atoms with Crippen molar-refractivity contribution in [3.8, 4) is 0 Å². The summed E-state index contributed by atoms with van der Waals surface area (Å²) >= 11 is 0. The Morgan fingerprint density at radius 2 is 2.04 bits per heavy atom. The number of halogens is 1. The number of aromatic amines is 1. The average Bonchev–Trinajstić information content (AvgIpc) is 2.93. The van der Waals surface area contributed by atoms with Crippen LogP contribution < -0.4 is 10.2 Å². The first-order chi connectivity index (χ1) is 11.1. The Bertz CT molecular complexity index is 798. The number of H-pyrrole nitrogens is 1. The summed E-state index contributed by atoms with van der Waals surface area (Å²) in [7, 11) is 3.87. The van der Waals surface area contributed by atoms with Gasteiger partial charge in [0.15, 0.2) is 11.6 Å². The molecule has 23 heavy (non-hydrogen) atoms. The third-order valence-corrected chi connectivity index (χ3v) is 3.48. The van der Waals surface area contributed by atoms with Crippen LogP contribution in [0.2, 0.25) is 0 Å². The fourth-order valence-electron chi connectivity index (χ4n) is 2.40. The van der Waals surface area contributed by atoms with Crippen molar-refractivity contribution >= 4 is 22.7 Å². The van der Waals surface area contributed by atoms with Crippen LogP contribution >= 0.6 is 0 Å². The molecule has 2 heterocycles. The van der Waals surface area contributed by atoms with Crippen molar-refractivity contribution < 1.29 is 4.39 Å². The number of rotatable bonds is 6. The van der Waals surface area contributed by atoms with Gasteiger partial charge in [-0.05, 0) is 24.6 Å². The van der Waals surface area contributed by atoms with Gasteiger partial charge in [-0.3, -0.25) is 0 Å². The highest BCUT2D eigenvalue weighted by Gasteiger charge is 2.07. The molecule has 1 aromatic carbocycles. The molecule has 0 spiro atoms. The Labute approximate surface area is 133 Å². The minimum absolute atomic E-state index is 0.256. The van der Waals surface area contributed by atoms with E-state index in [1.165, 1.54) is 12.1 Å². The van der Waals surface area contributed by atoms with E-state index < -0.39 is 0 Å². The molecule has 0 aliphatic rings. The normalized spacial score (nSPS) is 10.9. The summed E-state index contributed by atoms with van der Waals surface area (Å²) in [6.45, 7) is 0.755. The van der Waals surface area contributed by atoms with Gasteiger partial charge in [-0.2, -0.15) is 0 Å². The van der Waals surface area contributed by atoms with Crippen molar-refractivity contribution in [2.24, 2.45) is 0 Å². The van der Waals surface area contributed by atoms with E-state index >= 15 is 0 Å². The number of hydrogen-bond acceptors (Lipinski definition) is 5. The quantitative estimate of drug-likeness (QED) is 0.684. The number of benzene rings is 1. The SMILES string of the molecule is CN(C)c1nccnc1NCCCc1nc2ccc(F)cc2[nH]1. The van der Waals surface area contributed by atoms with E-state index in [-0.39, 0.29) is 5.82 Å². The molecule has 0 aliphatic carbocycles. The van der Waals surface area contributed by atoms with E-state index in [9.17, 15) is 4.39 Å². The molecule has 0 saturated carbocycles. The van der Waals surface area contributed by atoms with Crippen molar-refractivity contribution in [1.82, 2.24) is 19.9 Å². The maximum Gasteiger partial charge on any atom is 0.171 e. The molecule has 3 aromatic rings. The average molecular weight is 314 g/mol. The van der Waals surface area contributed by atoms with Gasteiger partial charge in [-0.15, -0.1) is 0 Å². The molecule has 0 atom stereocenters.